The van der Waals surface area contributed by atoms with Crippen molar-refractivity contribution in [2.45, 2.75) is 39.5 Å². The molecule has 0 saturated carbocycles. The molecule has 0 amide bonds. The summed E-state index contributed by atoms with van der Waals surface area (Å²) < 4.78 is 14.3. The molecule has 1 aliphatic rings. The summed E-state index contributed by atoms with van der Waals surface area (Å²) in [6.45, 7) is 6.84. The number of hydrogen-bond acceptors (Lipinski definition) is 4. The van der Waals surface area contributed by atoms with Crippen molar-refractivity contribution in [3.63, 3.8) is 0 Å². The van der Waals surface area contributed by atoms with E-state index in [0.29, 0.717) is 24.5 Å². The van der Waals surface area contributed by atoms with E-state index in [1.807, 2.05) is 23.6 Å². The average molecular weight is 309 g/mol. The van der Waals surface area contributed by atoms with Crippen LogP contribution in [-0.4, -0.2) is 31.1 Å². The van der Waals surface area contributed by atoms with Gasteiger partial charge in [-0.05, 0) is 32.8 Å². The number of halogens is 1. The lowest BCUT2D eigenvalue weighted by Gasteiger charge is -2.26. The molecule has 5 nitrogen and oxygen atoms in total. The summed E-state index contributed by atoms with van der Waals surface area (Å²) in [4.78, 5) is 14.8. The number of benzene rings is 1. The van der Waals surface area contributed by atoms with Crippen LogP contribution in [0.3, 0.4) is 0 Å². The zero-order valence-corrected chi connectivity index (χ0v) is 13.3. The number of nitro groups is 1. The highest BCUT2D eigenvalue weighted by atomic mass is 19.1. The third-order valence-corrected chi connectivity index (χ3v) is 4.29. The molecule has 1 heterocycles. The van der Waals surface area contributed by atoms with Gasteiger partial charge in [-0.25, -0.2) is 4.39 Å². The van der Waals surface area contributed by atoms with Gasteiger partial charge in [0, 0.05) is 26.2 Å². The first-order valence-corrected chi connectivity index (χ1v) is 8.06. The third-order valence-electron chi connectivity index (χ3n) is 4.29. The van der Waals surface area contributed by atoms with Gasteiger partial charge in [0.25, 0.3) is 5.69 Å². The summed E-state index contributed by atoms with van der Waals surface area (Å²) in [6.07, 6.45) is 4.34. The quantitative estimate of drug-likeness (QED) is 0.610. The highest BCUT2D eigenvalue weighted by molar-refractivity contribution is 5.71. The second-order valence-corrected chi connectivity index (χ2v) is 5.62. The topological polar surface area (TPSA) is 49.6 Å². The maximum Gasteiger partial charge on any atom is 0.295 e. The van der Waals surface area contributed by atoms with E-state index in [1.165, 1.54) is 0 Å². The fourth-order valence-electron chi connectivity index (χ4n) is 3.06. The Labute approximate surface area is 130 Å². The predicted octanol–water partition coefficient (Wildman–Crippen LogP) is 3.96. The zero-order valence-electron chi connectivity index (χ0n) is 13.3. The lowest BCUT2D eigenvalue weighted by molar-refractivity contribution is -0.384. The Morgan fingerprint density at radius 2 is 1.77 bits per heavy atom. The Morgan fingerprint density at radius 3 is 2.27 bits per heavy atom. The van der Waals surface area contributed by atoms with Gasteiger partial charge in [-0.15, -0.1) is 0 Å². The van der Waals surface area contributed by atoms with E-state index >= 15 is 0 Å². The fourth-order valence-corrected chi connectivity index (χ4v) is 3.06. The number of hydrogen-bond donors (Lipinski definition) is 0. The molecule has 1 aromatic carbocycles. The highest BCUT2D eigenvalue weighted by Gasteiger charge is 2.25. The molecule has 1 aromatic rings. The van der Waals surface area contributed by atoms with Crippen LogP contribution in [0.25, 0.3) is 0 Å². The summed E-state index contributed by atoms with van der Waals surface area (Å²) in [5, 5.41) is 11.3. The number of rotatable bonds is 5. The van der Waals surface area contributed by atoms with Gasteiger partial charge in [0.15, 0.2) is 5.82 Å². The minimum atomic E-state index is -0.519. The van der Waals surface area contributed by atoms with Crippen molar-refractivity contribution in [2.24, 2.45) is 0 Å². The van der Waals surface area contributed by atoms with Crippen LogP contribution in [-0.2, 0) is 0 Å². The largest absolute Gasteiger partial charge is 0.370 e. The fraction of sp³-hybridized carbons (Fsp3) is 0.625. The van der Waals surface area contributed by atoms with Crippen molar-refractivity contribution >= 4 is 17.1 Å². The maximum absolute atomic E-state index is 14.3. The number of nitrogens with zero attached hydrogens (tertiary/aromatic N) is 3. The molecule has 22 heavy (non-hydrogen) atoms. The standard InChI is InChI=1S/C16H24FN3O2/c1-3-18(4-2)14-12-15(16(20(21)22)11-13(14)17)19-9-7-5-6-8-10-19/h11-12H,3-10H2,1-2H3. The predicted molar refractivity (Wildman–Crippen MR) is 87.3 cm³/mol. The average Bonchev–Trinajstić information content (AvgIpc) is 2.78. The molecule has 0 unspecified atom stereocenters. The first-order chi connectivity index (χ1) is 10.6. The monoisotopic (exact) mass is 309 g/mol. The molecule has 0 radical (unpaired) electrons. The van der Waals surface area contributed by atoms with Crippen LogP contribution in [0.2, 0.25) is 0 Å². The van der Waals surface area contributed by atoms with Crippen molar-refractivity contribution in [3.8, 4) is 0 Å². The van der Waals surface area contributed by atoms with Crippen LogP contribution >= 0.6 is 0 Å². The molecule has 122 valence electrons. The van der Waals surface area contributed by atoms with Crippen LogP contribution in [0, 0.1) is 15.9 Å². The summed E-state index contributed by atoms with van der Waals surface area (Å²) >= 11 is 0. The molecule has 6 heteroatoms. The molecule has 0 spiro atoms. The van der Waals surface area contributed by atoms with Crippen LogP contribution in [0.5, 0.6) is 0 Å². The molecule has 0 bridgehead atoms. The molecule has 1 fully saturated rings. The lowest BCUT2D eigenvalue weighted by atomic mass is 10.1. The molecule has 0 N–H and O–H groups in total. The Balaban J connectivity index is 2.47. The maximum atomic E-state index is 14.3. The van der Waals surface area contributed by atoms with E-state index in [4.69, 9.17) is 0 Å². The van der Waals surface area contributed by atoms with Gasteiger partial charge < -0.3 is 9.80 Å². The Hall–Kier alpha value is -1.85. The van der Waals surface area contributed by atoms with E-state index in [1.54, 1.807) is 6.07 Å². The molecule has 2 rings (SSSR count). The highest BCUT2D eigenvalue weighted by Crippen LogP contribution is 2.36. The molecule has 0 aliphatic carbocycles. The molecular formula is C16H24FN3O2. The van der Waals surface area contributed by atoms with E-state index in [0.717, 1.165) is 44.8 Å². The van der Waals surface area contributed by atoms with Gasteiger partial charge >= 0.3 is 0 Å². The van der Waals surface area contributed by atoms with Crippen molar-refractivity contribution < 1.29 is 9.31 Å². The second-order valence-electron chi connectivity index (χ2n) is 5.62. The van der Waals surface area contributed by atoms with Gasteiger partial charge in [-0.2, -0.15) is 0 Å². The van der Waals surface area contributed by atoms with Crippen molar-refractivity contribution in [2.75, 3.05) is 36.0 Å². The summed E-state index contributed by atoms with van der Waals surface area (Å²) in [5.41, 5.74) is 0.875. The minimum Gasteiger partial charge on any atom is -0.370 e. The van der Waals surface area contributed by atoms with Crippen LogP contribution < -0.4 is 9.80 Å². The zero-order chi connectivity index (χ0) is 16.1. The smallest absolute Gasteiger partial charge is 0.295 e. The van der Waals surface area contributed by atoms with Crippen LogP contribution in [0.1, 0.15) is 39.5 Å². The molecular weight excluding hydrogens is 285 g/mol. The van der Waals surface area contributed by atoms with Gasteiger partial charge in [0.1, 0.15) is 5.69 Å². The summed E-state index contributed by atoms with van der Waals surface area (Å²) in [5.74, 6) is -0.519. The molecule has 1 aliphatic heterocycles. The van der Waals surface area contributed by atoms with Crippen molar-refractivity contribution in [1.82, 2.24) is 0 Å². The second kappa shape index (κ2) is 7.42. The third kappa shape index (κ3) is 3.48. The van der Waals surface area contributed by atoms with Crippen LogP contribution in [0.15, 0.2) is 12.1 Å². The lowest BCUT2D eigenvalue weighted by Crippen LogP contribution is -2.27. The summed E-state index contributed by atoms with van der Waals surface area (Å²) in [7, 11) is 0. The first-order valence-electron chi connectivity index (χ1n) is 8.06. The first kappa shape index (κ1) is 16.5. The van der Waals surface area contributed by atoms with Gasteiger partial charge in [0.2, 0.25) is 0 Å². The Kier molecular flexibility index (Phi) is 5.57. The van der Waals surface area contributed by atoms with Gasteiger partial charge in [0.05, 0.1) is 16.7 Å². The normalized spacial score (nSPS) is 15.5. The number of nitro benzene ring substituents is 1. The Bertz CT molecular complexity index is 524. The van der Waals surface area contributed by atoms with E-state index in [9.17, 15) is 14.5 Å². The summed E-state index contributed by atoms with van der Waals surface area (Å²) in [6, 6.07) is 2.74. The molecule has 1 saturated heterocycles. The number of anilines is 2. The van der Waals surface area contributed by atoms with Crippen molar-refractivity contribution in [3.05, 3.63) is 28.1 Å². The van der Waals surface area contributed by atoms with E-state index < -0.39 is 10.7 Å². The van der Waals surface area contributed by atoms with Crippen LogP contribution in [0.4, 0.5) is 21.5 Å². The van der Waals surface area contributed by atoms with E-state index in [2.05, 4.69) is 0 Å². The SMILES string of the molecule is CCN(CC)c1cc(N2CCCCCC2)c([N+](=O)[O-])cc1F. The van der Waals surface area contributed by atoms with Gasteiger partial charge in [-0.1, -0.05) is 12.8 Å². The molecule has 0 aromatic heterocycles. The Morgan fingerprint density at radius 1 is 1.18 bits per heavy atom. The minimum absolute atomic E-state index is 0.129. The van der Waals surface area contributed by atoms with E-state index in [-0.39, 0.29) is 5.69 Å². The van der Waals surface area contributed by atoms with Crippen molar-refractivity contribution in [1.29, 1.82) is 0 Å². The molecule has 0 atom stereocenters. The van der Waals surface area contributed by atoms with Gasteiger partial charge in [-0.3, -0.25) is 10.1 Å².